The van der Waals surface area contributed by atoms with E-state index >= 15 is 0 Å². The van der Waals surface area contributed by atoms with Gasteiger partial charge in [0.15, 0.2) is 11.6 Å². The number of halogens is 2. The fourth-order valence-electron chi connectivity index (χ4n) is 4.35. The summed E-state index contributed by atoms with van der Waals surface area (Å²) in [6.07, 6.45) is 9.37. The van der Waals surface area contributed by atoms with Crippen LogP contribution in [0.2, 0.25) is 5.02 Å². The predicted molar refractivity (Wildman–Crippen MR) is 119 cm³/mol. The van der Waals surface area contributed by atoms with Gasteiger partial charge in [0.25, 0.3) is 0 Å². The Morgan fingerprint density at radius 3 is 2.54 bits per heavy atom. The molecule has 0 aliphatic heterocycles. The Balaban J connectivity index is 1.76. The fraction of sp³-hybridized carbons (Fsp3) is 0.478. The van der Waals surface area contributed by atoms with E-state index in [4.69, 9.17) is 11.6 Å². The van der Waals surface area contributed by atoms with Crippen molar-refractivity contribution in [2.24, 2.45) is 5.92 Å². The van der Waals surface area contributed by atoms with Crippen molar-refractivity contribution in [3.05, 3.63) is 50.5 Å². The van der Waals surface area contributed by atoms with Crippen molar-refractivity contribution in [1.82, 2.24) is 0 Å². The van der Waals surface area contributed by atoms with E-state index in [1.54, 1.807) is 12.1 Å². The highest BCUT2D eigenvalue weighted by Crippen LogP contribution is 2.37. The summed E-state index contributed by atoms with van der Waals surface area (Å²) in [4.78, 5) is 27.5. The molecule has 0 N–H and O–H groups in total. The molecule has 1 saturated carbocycles. The first-order valence-corrected chi connectivity index (χ1v) is 11.1. The van der Waals surface area contributed by atoms with Crippen molar-refractivity contribution >= 4 is 44.8 Å². The van der Waals surface area contributed by atoms with Gasteiger partial charge < -0.3 is 4.90 Å². The van der Waals surface area contributed by atoms with Crippen molar-refractivity contribution in [3.63, 3.8) is 0 Å². The SMILES string of the molecule is CC1=CC(=O)C(CCC(=O)c2cc(Cl)cc(N(C)C3CCCC3)c2Br)C(C)=C1. The topological polar surface area (TPSA) is 37.4 Å². The second-order valence-electron chi connectivity index (χ2n) is 8.03. The number of hydrogen-bond acceptors (Lipinski definition) is 3. The van der Waals surface area contributed by atoms with Gasteiger partial charge in [0.2, 0.25) is 0 Å². The van der Waals surface area contributed by atoms with E-state index in [0.717, 1.165) is 21.3 Å². The van der Waals surface area contributed by atoms with Crippen LogP contribution in [0.3, 0.4) is 0 Å². The smallest absolute Gasteiger partial charge is 0.164 e. The van der Waals surface area contributed by atoms with Crippen LogP contribution >= 0.6 is 27.5 Å². The molecule has 1 atom stereocenters. The maximum absolute atomic E-state index is 13.0. The molecule has 2 aliphatic rings. The molecule has 0 radical (unpaired) electrons. The van der Waals surface area contributed by atoms with Gasteiger partial charge >= 0.3 is 0 Å². The Bertz CT molecular complexity index is 852. The number of carbonyl (C=O) groups excluding carboxylic acids is 2. The molecule has 0 spiro atoms. The Morgan fingerprint density at radius 2 is 1.89 bits per heavy atom. The highest BCUT2D eigenvalue weighted by molar-refractivity contribution is 9.10. The van der Waals surface area contributed by atoms with E-state index < -0.39 is 0 Å². The highest BCUT2D eigenvalue weighted by Gasteiger charge is 2.26. The average Bonchev–Trinajstić information content (AvgIpc) is 3.16. The second kappa shape index (κ2) is 8.96. The summed E-state index contributed by atoms with van der Waals surface area (Å²) in [5.74, 6) is -0.0920. The number of Topliss-reactive ketones (excluding diaryl/α,β-unsaturated/α-hetero) is 1. The predicted octanol–water partition coefficient (Wildman–Crippen LogP) is 6.54. The van der Waals surface area contributed by atoms with E-state index in [2.05, 4.69) is 27.9 Å². The molecule has 3 nitrogen and oxygen atoms in total. The van der Waals surface area contributed by atoms with Crippen LogP contribution in [0.15, 0.2) is 39.9 Å². The fourth-order valence-corrected chi connectivity index (χ4v) is 5.30. The third-order valence-corrected chi connectivity index (χ3v) is 7.00. The van der Waals surface area contributed by atoms with Crippen molar-refractivity contribution in [3.8, 4) is 0 Å². The minimum absolute atomic E-state index is 0.0160. The summed E-state index contributed by atoms with van der Waals surface area (Å²) in [6.45, 7) is 3.89. The van der Waals surface area contributed by atoms with Crippen molar-refractivity contribution in [1.29, 1.82) is 0 Å². The van der Waals surface area contributed by atoms with Crippen LogP contribution in [0.1, 0.15) is 62.7 Å². The van der Waals surface area contributed by atoms with Crippen molar-refractivity contribution < 1.29 is 9.59 Å². The summed E-state index contributed by atoms with van der Waals surface area (Å²) in [5, 5.41) is 0.565. The van der Waals surface area contributed by atoms with Crippen LogP contribution in [0.5, 0.6) is 0 Å². The number of carbonyl (C=O) groups is 2. The van der Waals surface area contributed by atoms with Crippen LogP contribution in [-0.4, -0.2) is 24.7 Å². The first-order valence-electron chi connectivity index (χ1n) is 9.93. The molecule has 1 aromatic rings. The van der Waals surface area contributed by atoms with Gasteiger partial charge in [-0.05, 0) is 72.8 Å². The summed E-state index contributed by atoms with van der Waals surface area (Å²) >= 11 is 10.0. The van der Waals surface area contributed by atoms with E-state index in [9.17, 15) is 9.59 Å². The first kappa shape index (κ1) is 21.3. The van der Waals surface area contributed by atoms with Gasteiger partial charge in [-0.2, -0.15) is 0 Å². The molecule has 3 rings (SSSR count). The maximum Gasteiger partial charge on any atom is 0.164 e. The molecule has 2 aliphatic carbocycles. The van der Waals surface area contributed by atoms with E-state index in [1.165, 1.54) is 25.7 Å². The number of allylic oxidation sites excluding steroid dienone is 4. The molecule has 1 unspecified atom stereocenters. The van der Waals surface area contributed by atoms with Crippen molar-refractivity contribution in [2.75, 3.05) is 11.9 Å². The van der Waals surface area contributed by atoms with Crippen LogP contribution in [-0.2, 0) is 4.79 Å². The molecule has 0 heterocycles. The lowest BCUT2D eigenvalue weighted by Crippen LogP contribution is -2.29. The van der Waals surface area contributed by atoms with Gasteiger partial charge in [0, 0.05) is 36.0 Å². The molecule has 0 bridgehead atoms. The lowest BCUT2D eigenvalue weighted by molar-refractivity contribution is -0.117. The van der Waals surface area contributed by atoms with Crippen molar-refractivity contribution in [2.45, 2.75) is 58.4 Å². The Morgan fingerprint density at radius 1 is 1.21 bits per heavy atom. The van der Waals surface area contributed by atoms with Gasteiger partial charge in [0.1, 0.15) is 0 Å². The zero-order chi connectivity index (χ0) is 20.4. The molecule has 0 aromatic heterocycles. The van der Waals surface area contributed by atoms with E-state index in [-0.39, 0.29) is 17.5 Å². The van der Waals surface area contributed by atoms with Gasteiger partial charge in [-0.1, -0.05) is 36.1 Å². The summed E-state index contributed by atoms with van der Waals surface area (Å²) in [6, 6.07) is 4.14. The zero-order valence-electron chi connectivity index (χ0n) is 16.7. The van der Waals surface area contributed by atoms with Crippen LogP contribution < -0.4 is 4.90 Å². The minimum atomic E-state index is -0.203. The second-order valence-corrected chi connectivity index (χ2v) is 9.26. The number of nitrogens with zero attached hydrogens (tertiary/aromatic N) is 1. The number of benzene rings is 1. The van der Waals surface area contributed by atoms with E-state index in [1.807, 2.05) is 26.0 Å². The summed E-state index contributed by atoms with van der Waals surface area (Å²) < 4.78 is 0.800. The lowest BCUT2D eigenvalue weighted by atomic mass is 9.84. The minimum Gasteiger partial charge on any atom is -0.371 e. The lowest BCUT2D eigenvalue weighted by Gasteiger charge is -2.28. The molecule has 1 aromatic carbocycles. The number of ketones is 2. The Kier molecular flexibility index (Phi) is 6.82. The van der Waals surface area contributed by atoms with Gasteiger partial charge in [0.05, 0.1) is 10.2 Å². The number of rotatable bonds is 6. The molecule has 28 heavy (non-hydrogen) atoms. The molecule has 0 saturated heterocycles. The molecule has 150 valence electrons. The molecule has 0 amide bonds. The third-order valence-electron chi connectivity index (χ3n) is 5.95. The maximum atomic E-state index is 13.0. The third kappa shape index (κ3) is 4.60. The van der Waals surface area contributed by atoms with Gasteiger partial charge in [-0.25, -0.2) is 0 Å². The quantitative estimate of drug-likeness (QED) is 0.449. The highest BCUT2D eigenvalue weighted by atomic mass is 79.9. The van der Waals surface area contributed by atoms with E-state index in [0.29, 0.717) is 29.5 Å². The average molecular weight is 465 g/mol. The number of hydrogen-bond donors (Lipinski definition) is 0. The standard InChI is InChI=1S/C23H27BrClNO2/c1-14-10-15(2)18(22(28)11-14)8-9-21(27)19-12-16(25)13-20(23(19)24)26(3)17-6-4-5-7-17/h10-13,17-18H,4-9H2,1-3H3. The van der Waals surface area contributed by atoms with Crippen LogP contribution in [0.4, 0.5) is 5.69 Å². The Hall–Kier alpha value is -1.39. The number of anilines is 1. The zero-order valence-corrected chi connectivity index (χ0v) is 19.1. The van der Waals surface area contributed by atoms with Crippen LogP contribution in [0, 0.1) is 5.92 Å². The summed E-state index contributed by atoms with van der Waals surface area (Å²) in [5.41, 5.74) is 3.57. The first-order chi connectivity index (χ1) is 13.3. The normalized spacial score (nSPS) is 20.2. The van der Waals surface area contributed by atoms with Gasteiger partial charge in [-0.15, -0.1) is 0 Å². The Labute approximate surface area is 180 Å². The van der Waals surface area contributed by atoms with Gasteiger partial charge in [-0.3, -0.25) is 9.59 Å². The molecular formula is C23H27BrClNO2. The summed E-state index contributed by atoms with van der Waals surface area (Å²) in [7, 11) is 2.07. The molecule has 1 fully saturated rings. The molecular weight excluding hydrogens is 438 g/mol. The monoisotopic (exact) mass is 463 g/mol. The van der Waals surface area contributed by atoms with Crippen LogP contribution in [0.25, 0.3) is 0 Å². The molecule has 5 heteroatoms. The largest absolute Gasteiger partial charge is 0.371 e.